The van der Waals surface area contributed by atoms with Crippen molar-refractivity contribution >= 4 is 17.5 Å². The summed E-state index contributed by atoms with van der Waals surface area (Å²) >= 11 is 0. The Hall–Kier alpha value is -3.74. The molecule has 29 heavy (non-hydrogen) atoms. The van der Waals surface area contributed by atoms with Crippen LogP contribution in [0.5, 0.6) is 5.75 Å². The van der Waals surface area contributed by atoms with Crippen molar-refractivity contribution in [2.24, 2.45) is 0 Å². The van der Waals surface area contributed by atoms with Crippen molar-refractivity contribution in [1.29, 1.82) is 0 Å². The molecule has 0 bridgehead atoms. The third kappa shape index (κ3) is 5.62. The molecular weight excluding hydrogens is 373 g/mol. The zero-order valence-corrected chi connectivity index (χ0v) is 15.8. The van der Waals surface area contributed by atoms with Crippen LogP contribution in [0.15, 0.2) is 73.1 Å². The molecule has 0 unspecified atom stereocenters. The fourth-order valence-electron chi connectivity index (χ4n) is 2.58. The van der Waals surface area contributed by atoms with Gasteiger partial charge in [-0.25, -0.2) is 4.39 Å². The number of rotatable bonds is 7. The Bertz CT molecular complexity index is 978. The summed E-state index contributed by atoms with van der Waals surface area (Å²) in [6.45, 7) is 0.619. The first-order valence-electron chi connectivity index (χ1n) is 8.98. The molecule has 0 saturated heterocycles. The molecule has 0 aliphatic carbocycles. The summed E-state index contributed by atoms with van der Waals surface area (Å²) in [4.78, 5) is 30.3. The first-order chi connectivity index (χ1) is 14.0. The number of nitrogens with zero attached hydrogens (tertiary/aromatic N) is 2. The fourth-order valence-corrected chi connectivity index (χ4v) is 2.58. The van der Waals surface area contributed by atoms with Crippen LogP contribution in [0.2, 0.25) is 0 Å². The maximum absolute atomic E-state index is 12.9. The molecule has 0 fully saturated rings. The standard InChI is InChI=1S/C22H20FN3O3/c1-26(12-13-29-20-9-7-18(23)8-10-20)22(28)16-4-2-6-19(14-16)25-21(27)17-5-3-11-24-15-17/h2-11,14-15H,12-13H2,1H3,(H,25,27). The zero-order valence-electron chi connectivity index (χ0n) is 15.8. The van der Waals surface area contributed by atoms with Crippen LogP contribution in [0.4, 0.5) is 10.1 Å². The molecule has 3 rings (SSSR count). The third-order valence-electron chi connectivity index (χ3n) is 4.15. The number of halogens is 1. The predicted molar refractivity (Wildman–Crippen MR) is 107 cm³/mol. The van der Waals surface area contributed by atoms with Crippen LogP contribution in [0, 0.1) is 5.82 Å². The van der Waals surface area contributed by atoms with E-state index in [2.05, 4.69) is 10.3 Å². The molecular formula is C22H20FN3O3. The molecule has 0 aliphatic rings. The van der Waals surface area contributed by atoms with Gasteiger partial charge in [0.2, 0.25) is 0 Å². The number of pyridine rings is 1. The van der Waals surface area contributed by atoms with Crippen molar-refractivity contribution in [2.45, 2.75) is 0 Å². The summed E-state index contributed by atoms with van der Waals surface area (Å²) in [6, 6.07) is 15.7. The Morgan fingerprint density at radius 2 is 1.83 bits per heavy atom. The summed E-state index contributed by atoms with van der Waals surface area (Å²) in [5.41, 5.74) is 1.39. The van der Waals surface area contributed by atoms with Crippen molar-refractivity contribution in [2.75, 3.05) is 25.5 Å². The van der Waals surface area contributed by atoms with Crippen molar-refractivity contribution in [1.82, 2.24) is 9.88 Å². The molecule has 0 radical (unpaired) electrons. The second-order valence-corrected chi connectivity index (χ2v) is 6.31. The van der Waals surface area contributed by atoms with Gasteiger partial charge in [-0.05, 0) is 54.6 Å². The number of ether oxygens (including phenoxy) is 1. The number of carbonyl (C=O) groups excluding carboxylic acids is 2. The second kappa shape index (κ2) is 9.45. The normalized spacial score (nSPS) is 10.3. The molecule has 2 amide bonds. The van der Waals surface area contributed by atoms with E-state index in [1.54, 1.807) is 49.6 Å². The Kier molecular flexibility index (Phi) is 6.52. The van der Waals surface area contributed by atoms with Crippen molar-refractivity contribution in [3.8, 4) is 5.75 Å². The number of anilines is 1. The summed E-state index contributed by atoms with van der Waals surface area (Å²) in [5.74, 6) is -0.304. The van der Waals surface area contributed by atoms with Gasteiger partial charge in [-0.15, -0.1) is 0 Å². The number of likely N-dealkylation sites (N-methyl/N-ethyl adjacent to an activating group) is 1. The average molecular weight is 393 g/mol. The van der Waals surface area contributed by atoms with Gasteiger partial charge in [-0.3, -0.25) is 14.6 Å². The van der Waals surface area contributed by atoms with E-state index in [9.17, 15) is 14.0 Å². The number of hydrogen-bond donors (Lipinski definition) is 1. The molecule has 6 nitrogen and oxygen atoms in total. The smallest absolute Gasteiger partial charge is 0.257 e. The third-order valence-corrected chi connectivity index (χ3v) is 4.15. The van der Waals surface area contributed by atoms with Crippen molar-refractivity contribution in [3.63, 3.8) is 0 Å². The minimum Gasteiger partial charge on any atom is -0.492 e. The highest BCUT2D eigenvalue weighted by Gasteiger charge is 2.13. The summed E-state index contributed by atoms with van der Waals surface area (Å²) in [6.07, 6.45) is 3.06. The molecule has 3 aromatic rings. The van der Waals surface area contributed by atoms with Gasteiger partial charge in [0.1, 0.15) is 18.2 Å². The highest BCUT2D eigenvalue weighted by atomic mass is 19.1. The van der Waals surface area contributed by atoms with Gasteiger partial charge < -0.3 is 15.0 Å². The monoisotopic (exact) mass is 393 g/mol. The van der Waals surface area contributed by atoms with E-state index < -0.39 is 0 Å². The van der Waals surface area contributed by atoms with Gasteiger partial charge in [0, 0.05) is 30.7 Å². The van der Waals surface area contributed by atoms with Crippen LogP contribution >= 0.6 is 0 Å². The van der Waals surface area contributed by atoms with Gasteiger partial charge >= 0.3 is 0 Å². The number of carbonyl (C=O) groups is 2. The predicted octanol–water partition coefficient (Wildman–Crippen LogP) is 3.62. The van der Waals surface area contributed by atoms with E-state index in [0.717, 1.165) is 0 Å². The van der Waals surface area contributed by atoms with Gasteiger partial charge in [0.15, 0.2) is 0 Å². The molecule has 0 aliphatic heterocycles. The summed E-state index contributed by atoms with van der Waals surface area (Å²) in [7, 11) is 1.66. The van der Waals surface area contributed by atoms with E-state index in [0.29, 0.717) is 29.1 Å². The Labute approximate surface area is 168 Å². The molecule has 1 heterocycles. The molecule has 7 heteroatoms. The number of hydrogen-bond acceptors (Lipinski definition) is 4. The lowest BCUT2D eigenvalue weighted by molar-refractivity contribution is 0.0773. The largest absolute Gasteiger partial charge is 0.492 e. The van der Waals surface area contributed by atoms with Gasteiger partial charge in [0.05, 0.1) is 12.1 Å². The molecule has 0 saturated carbocycles. The molecule has 148 valence electrons. The first kappa shape index (κ1) is 20.0. The van der Waals surface area contributed by atoms with Crippen LogP contribution in [0.1, 0.15) is 20.7 Å². The van der Waals surface area contributed by atoms with E-state index in [1.807, 2.05) is 0 Å². The average Bonchev–Trinajstić information content (AvgIpc) is 2.75. The molecule has 0 atom stereocenters. The first-order valence-corrected chi connectivity index (χ1v) is 8.98. The lowest BCUT2D eigenvalue weighted by atomic mass is 10.1. The fraction of sp³-hybridized carbons (Fsp3) is 0.136. The van der Waals surface area contributed by atoms with Crippen LogP contribution in [0.25, 0.3) is 0 Å². The minimum absolute atomic E-state index is 0.204. The Morgan fingerprint density at radius 1 is 1.07 bits per heavy atom. The zero-order chi connectivity index (χ0) is 20.6. The van der Waals surface area contributed by atoms with E-state index in [-0.39, 0.29) is 24.2 Å². The van der Waals surface area contributed by atoms with Gasteiger partial charge in [-0.2, -0.15) is 0 Å². The Morgan fingerprint density at radius 3 is 2.55 bits per heavy atom. The summed E-state index contributed by atoms with van der Waals surface area (Å²) < 4.78 is 18.4. The topological polar surface area (TPSA) is 71.5 Å². The van der Waals surface area contributed by atoms with E-state index in [4.69, 9.17) is 4.74 Å². The quantitative estimate of drug-likeness (QED) is 0.666. The number of nitrogens with one attached hydrogen (secondary N) is 1. The summed E-state index contributed by atoms with van der Waals surface area (Å²) in [5, 5.41) is 2.76. The SMILES string of the molecule is CN(CCOc1ccc(F)cc1)C(=O)c1cccc(NC(=O)c2cccnc2)c1. The van der Waals surface area contributed by atoms with Crippen molar-refractivity contribution < 1.29 is 18.7 Å². The number of benzene rings is 2. The molecule has 2 aromatic carbocycles. The number of amides is 2. The highest BCUT2D eigenvalue weighted by Crippen LogP contribution is 2.14. The van der Waals surface area contributed by atoms with Crippen LogP contribution in [0.3, 0.4) is 0 Å². The maximum Gasteiger partial charge on any atom is 0.257 e. The molecule has 1 N–H and O–H groups in total. The Balaban J connectivity index is 1.56. The van der Waals surface area contributed by atoms with Crippen LogP contribution in [-0.2, 0) is 0 Å². The van der Waals surface area contributed by atoms with Crippen LogP contribution < -0.4 is 10.1 Å². The lowest BCUT2D eigenvalue weighted by Gasteiger charge is -2.18. The lowest BCUT2D eigenvalue weighted by Crippen LogP contribution is -2.31. The molecule has 0 spiro atoms. The maximum atomic E-state index is 12.9. The highest BCUT2D eigenvalue weighted by molar-refractivity contribution is 6.04. The number of aromatic nitrogens is 1. The van der Waals surface area contributed by atoms with Crippen molar-refractivity contribution in [3.05, 3.63) is 90.0 Å². The van der Waals surface area contributed by atoms with Crippen LogP contribution in [-0.4, -0.2) is 41.9 Å². The minimum atomic E-state index is -0.333. The second-order valence-electron chi connectivity index (χ2n) is 6.31. The van der Waals surface area contributed by atoms with E-state index in [1.165, 1.54) is 35.4 Å². The van der Waals surface area contributed by atoms with E-state index >= 15 is 0 Å². The molecule has 1 aromatic heterocycles. The van der Waals surface area contributed by atoms with Gasteiger partial charge in [-0.1, -0.05) is 6.07 Å². The van der Waals surface area contributed by atoms with Gasteiger partial charge in [0.25, 0.3) is 11.8 Å².